The van der Waals surface area contributed by atoms with Crippen LogP contribution in [-0.4, -0.2) is 30.6 Å². The molecule has 0 fully saturated rings. The molecule has 0 spiro atoms. The van der Waals surface area contributed by atoms with Gasteiger partial charge in [0.15, 0.2) is 11.5 Å². The molecule has 3 rings (SSSR count). The van der Waals surface area contributed by atoms with Gasteiger partial charge in [-0.15, -0.1) is 0 Å². The summed E-state index contributed by atoms with van der Waals surface area (Å²) in [6.45, 7) is 3.51. The zero-order valence-corrected chi connectivity index (χ0v) is 19.3. The number of hydrazone groups is 1. The maximum atomic E-state index is 12.5. The number of nitrogens with zero attached hydrogens (tertiary/aromatic N) is 2. The minimum atomic E-state index is -0.968. The van der Waals surface area contributed by atoms with Gasteiger partial charge >= 0.3 is 17.8 Å². The molecule has 0 aliphatic carbocycles. The summed E-state index contributed by atoms with van der Waals surface area (Å²) in [6, 6.07) is 19.9. The molecule has 0 aliphatic rings. The molecule has 9 heteroatoms. The number of amides is 2. The highest BCUT2D eigenvalue weighted by atomic mass is 16.6. The molecule has 3 aromatic carbocycles. The van der Waals surface area contributed by atoms with Crippen LogP contribution in [0.4, 0.5) is 5.69 Å². The van der Waals surface area contributed by atoms with Crippen molar-refractivity contribution in [2.75, 3.05) is 12.4 Å². The first-order chi connectivity index (χ1) is 16.8. The van der Waals surface area contributed by atoms with Crippen molar-refractivity contribution < 1.29 is 23.9 Å². The van der Waals surface area contributed by atoms with Crippen LogP contribution in [0.1, 0.15) is 34.0 Å². The fraction of sp³-hybridized carbons (Fsp3) is 0.115. The molecule has 0 unspecified atom stereocenters. The van der Waals surface area contributed by atoms with Crippen molar-refractivity contribution in [1.29, 1.82) is 5.26 Å². The second-order valence-electron chi connectivity index (χ2n) is 7.41. The van der Waals surface area contributed by atoms with Gasteiger partial charge in [-0.25, -0.2) is 10.2 Å². The van der Waals surface area contributed by atoms with Crippen molar-refractivity contribution in [2.24, 2.45) is 5.10 Å². The van der Waals surface area contributed by atoms with Crippen LogP contribution in [-0.2, 0) is 9.59 Å². The van der Waals surface area contributed by atoms with E-state index in [9.17, 15) is 14.4 Å². The van der Waals surface area contributed by atoms with Crippen molar-refractivity contribution in [2.45, 2.75) is 13.8 Å². The second kappa shape index (κ2) is 11.2. The van der Waals surface area contributed by atoms with E-state index in [-0.39, 0.29) is 5.75 Å². The van der Waals surface area contributed by atoms with Gasteiger partial charge < -0.3 is 14.8 Å². The molecule has 0 heterocycles. The number of nitrogens with one attached hydrogen (secondary N) is 2. The molecule has 0 bridgehead atoms. The Balaban J connectivity index is 1.65. The summed E-state index contributed by atoms with van der Waals surface area (Å²) in [6.07, 6.45) is 0. The fourth-order valence-corrected chi connectivity index (χ4v) is 2.97. The number of hydrogen-bond acceptors (Lipinski definition) is 7. The third-order valence-corrected chi connectivity index (χ3v) is 4.84. The van der Waals surface area contributed by atoms with Crippen LogP contribution in [0.25, 0.3) is 0 Å². The molecule has 9 nitrogen and oxygen atoms in total. The van der Waals surface area contributed by atoms with Crippen LogP contribution in [0, 0.1) is 18.3 Å². The van der Waals surface area contributed by atoms with Crippen LogP contribution < -0.4 is 20.2 Å². The van der Waals surface area contributed by atoms with Crippen LogP contribution in [0.15, 0.2) is 71.8 Å². The van der Waals surface area contributed by atoms with Gasteiger partial charge in [0.2, 0.25) is 0 Å². The minimum Gasteiger partial charge on any atom is -0.493 e. The van der Waals surface area contributed by atoms with E-state index in [4.69, 9.17) is 14.7 Å². The minimum absolute atomic E-state index is 0.224. The number of hydrogen-bond donors (Lipinski definition) is 2. The number of aryl methyl sites for hydroxylation is 1. The first-order valence-electron chi connectivity index (χ1n) is 10.4. The van der Waals surface area contributed by atoms with E-state index < -0.39 is 17.8 Å². The summed E-state index contributed by atoms with van der Waals surface area (Å²) in [5.41, 5.74) is 5.30. The lowest BCUT2D eigenvalue weighted by Gasteiger charge is -2.11. The Bertz CT molecular complexity index is 1340. The lowest BCUT2D eigenvalue weighted by molar-refractivity contribution is -0.136. The smallest absolute Gasteiger partial charge is 0.343 e. The SMILES string of the molecule is COc1cc(/C(C)=N/NC(=O)C(=O)Nc2ccc(C#N)cc2)ccc1OC(=O)c1cccc(C)c1. The molecule has 0 radical (unpaired) electrons. The highest BCUT2D eigenvalue weighted by Crippen LogP contribution is 2.29. The van der Waals surface area contributed by atoms with Crippen molar-refractivity contribution in [1.82, 2.24) is 5.43 Å². The summed E-state index contributed by atoms with van der Waals surface area (Å²) in [5, 5.41) is 15.2. The van der Waals surface area contributed by atoms with Gasteiger partial charge in [-0.05, 0) is 68.4 Å². The monoisotopic (exact) mass is 470 g/mol. The van der Waals surface area contributed by atoms with E-state index in [1.165, 1.54) is 31.4 Å². The predicted octanol–water partition coefficient (Wildman–Crippen LogP) is 3.57. The molecule has 0 atom stereocenters. The average Bonchev–Trinajstić information content (AvgIpc) is 2.87. The number of ether oxygens (including phenoxy) is 2. The average molecular weight is 470 g/mol. The van der Waals surface area contributed by atoms with E-state index in [2.05, 4.69) is 15.8 Å². The molecular formula is C26H22N4O5. The second-order valence-corrected chi connectivity index (χ2v) is 7.41. The Morgan fingerprint density at radius 3 is 2.31 bits per heavy atom. The van der Waals surface area contributed by atoms with E-state index in [1.54, 1.807) is 43.3 Å². The van der Waals surface area contributed by atoms with E-state index in [0.717, 1.165) is 5.56 Å². The molecule has 3 aromatic rings. The standard InChI is InChI=1S/C26H22N4O5/c1-16-5-4-6-20(13-16)26(33)35-22-12-9-19(14-23(22)34-3)17(2)29-30-25(32)24(31)28-21-10-7-18(15-27)8-11-21/h4-14H,1-3H3,(H,28,31)(H,30,32)/b29-17+. The van der Waals surface area contributed by atoms with Gasteiger partial charge in [-0.1, -0.05) is 17.7 Å². The van der Waals surface area contributed by atoms with Crippen molar-refractivity contribution >= 4 is 29.2 Å². The molecule has 176 valence electrons. The Labute approximate surface area is 202 Å². The third-order valence-electron chi connectivity index (χ3n) is 4.84. The normalized spacial score (nSPS) is 10.6. The summed E-state index contributed by atoms with van der Waals surface area (Å²) >= 11 is 0. The lowest BCUT2D eigenvalue weighted by atomic mass is 10.1. The van der Waals surface area contributed by atoms with Gasteiger partial charge in [0, 0.05) is 11.3 Å². The zero-order valence-electron chi connectivity index (χ0n) is 19.3. The number of carbonyl (C=O) groups excluding carboxylic acids is 3. The van der Waals surface area contributed by atoms with Gasteiger partial charge in [0.1, 0.15) is 0 Å². The first kappa shape index (κ1) is 24.7. The molecule has 2 N–H and O–H groups in total. The largest absolute Gasteiger partial charge is 0.493 e. The Morgan fingerprint density at radius 2 is 1.66 bits per heavy atom. The highest BCUT2D eigenvalue weighted by Gasteiger charge is 2.16. The molecule has 0 saturated heterocycles. The number of esters is 1. The molecule has 2 amide bonds. The third kappa shape index (κ3) is 6.52. The maximum Gasteiger partial charge on any atom is 0.343 e. The first-order valence-corrected chi connectivity index (χ1v) is 10.4. The molecular weight excluding hydrogens is 448 g/mol. The highest BCUT2D eigenvalue weighted by molar-refractivity contribution is 6.39. The van der Waals surface area contributed by atoms with Crippen LogP contribution in [0.3, 0.4) is 0 Å². The van der Waals surface area contributed by atoms with Gasteiger partial charge in [-0.2, -0.15) is 10.4 Å². The van der Waals surface area contributed by atoms with Crippen molar-refractivity contribution in [3.05, 3.63) is 89.0 Å². The van der Waals surface area contributed by atoms with E-state index >= 15 is 0 Å². The molecule has 0 aliphatic heterocycles. The number of rotatable bonds is 6. The zero-order chi connectivity index (χ0) is 25.4. The van der Waals surface area contributed by atoms with Gasteiger partial charge in [0.05, 0.1) is 30.0 Å². The molecule has 0 aromatic heterocycles. The lowest BCUT2D eigenvalue weighted by Crippen LogP contribution is -2.32. The van der Waals surface area contributed by atoms with Crippen LogP contribution in [0.2, 0.25) is 0 Å². The topological polar surface area (TPSA) is 130 Å². The number of anilines is 1. The number of nitriles is 1. The predicted molar refractivity (Wildman–Crippen MR) is 129 cm³/mol. The van der Waals surface area contributed by atoms with Crippen molar-refractivity contribution in [3.63, 3.8) is 0 Å². The Hall–Kier alpha value is -4.97. The maximum absolute atomic E-state index is 12.5. The van der Waals surface area contributed by atoms with Crippen molar-refractivity contribution in [3.8, 4) is 17.6 Å². The summed E-state index contributed by atoms with van der Waals surface area (Å²) in [7, 11) is 1.44. The number of carbonyl (C=O) groups is 3. The van der Waals surface area contributed by atoms with E-state index in [0.29, 0.717) is 33.8 Å². The van der Waals surface area contributed by atoms with Gasteiger partial charge in [0.25, 0.3) is 0 Å². The summed E-state index contributed by atoms with van der Waals surface area (Å²) < 4.78 is 10.8. The Kier molecular flexibility index (Phi) is 7.93. The van der Waals surface area contributed by atoms with Gasteiger partial charge in [-0.3, -0.25) is 9.59 Å². The molecule has 35 heavy (non-hydrogen) atoms. The summed E-state index contributed by atoms with van der Waals surface area (Å²) in [4.78, 5) is 36.6. The van der Waals surface area contributed by atoms with E-state index in [1.807, 2.05) is 19.1 Å². The Morgan fingerprint density at radius 1 is 0.914 bits per heavy atom. The number of benzene rings is 3. The summed E-state index contributed by atoms with van der Waals surface area (Å²) in [5.74, 6) is -1.89. The molecule has 0 saturated carbocycles. The van der Waals surface area contributed by atoms with Crippen LogP contribution >= 0.6 is 0 Å². The quantitative estimate of drug-likeness (QED) is 0.186. The number of methoxy groups -OCH3 is 1. The van der Waals surface area contributed by atoms with Crippen LogP contribution in [0.5, 0.6) is 11.5 Å². The fourth-order valence-electron chi connectivity index (χ4n) is 2.97.